The van der Waals surface area contributed by atoms with Crippen molar-refractivity contribution in [2.24, 2.45) is 0 Å². The molecular weight excluding hydrogens is 312 g/mol. The molecule has 0 spiro atoms. The number of aryl methyl sites for hydroxylation is 1. The van der Waals surface area contributed by atoms with Crippen LogP contribution in [0.4, 0.5) is 5.69 Å². The van der Waals surface area contributed by atoms with Gasteiger partial charge in [-0.15, -0.1) is 0 Å². The van der Waals surface area contributed by atoms with Crippen LogP contribution in [0, 0.1) is 6.92 Å². The molecule has 23 heavy (non-hydrogen) atoms. The molecule has 1 aromatic carbocycles. The second-order valence-corrected chi connectivity index (χ2v) is 6.83. The summed E-state index contributed by atoms with van der Waals surface area (Å²) in [6, 6.07) is 11.2. The number of methoxy groups -OCH3 is 1. The van der Waals surface area contributed by atoms with Gasteiger partial charge in [-0.25, -0.2) is 0 Å². The fourth-order valence-corrected chi connectivity index (χ4v) is 3.17. The van der Waals surface area contributed by atoms with Crippen molar-refractivity contribution in [3.63, 3.8) is 0 Å². The molecule has 0 fully saturated rings. The number of ether oxygens (including phenoxy) is 1. The minimum atomic E-state index is -0.931. The maximum Gasteiger partial charge on any atom is 0.138 e. The molecule has 1 atom stereocenters. The van der Waals surface area contributed by atoms with Gasteiger partial charge < -0.3 is 15.2 Å². The van der Waals surface area contributed by atoms with Crippen LogP contribution in [0.25, 0.3) is 0 Å². The van der Waals surface area contributed by atoms with Crippen LogP contribution in [-0.4, -0.2) is 33.8 Å². The van der Waals surface area contributed by atoms with E-state index < -0.39 is 10.8 Å². The zero-order valence-corrected chi connectivity index (χ0v) is 14.2. The highest BCUT2D eigenvalue weighted by molar-refractivity contribution is 7.84. The summed E-state index contributed by atoms with van der Waals surface area (Å²) in [7, 11) is 0.677. The zero-order chi connectivity index (χ0) is 16.7. The lowest BCUT2D eigenvalue weighted by Gasteiger charge is -2.10. The Morgan fingerprint density at radius 3 is 2.91 bits per heavy atom. The average molecular weight is 334 g/mol. The van der Waals surface area contributed by atoms with Gasteiger partial charge in [0.2, 0.25) is 0 Å². The number of benzene rings is 1. The van der Waals surface area contributed by atoms with Crippen LogP contribution in [0.1, 0.15) is 17.0 Å². The smallest absolute Gasteiger partial charge is 0.138 e. The SMILES string of the molecule is COCC[S@](=O)Cc1cccc(NCc2nc(C)ccc2O)c1. The summed E-state index contributed by atoms with van der Waals surface area (Å²) >= 11 is 0. The summed E-state index contributed by atoms with van der Waals surface area (Å²) < 4.78 is 16.9. The molecule has 5 nitrogen and oxygen atoms in total. The Morgan fingerprint density at radius 1 is 1.30 bits per heavy atom. The van der Waals surface area contributed by atoms with Gasteiger partial charge in [0.15, 0.2) is 0 Å². The number of aromatic hydroxyl groups is 1. The van der Waals surface area contributed by atoms with Gasteiger partial charge in [0.25, 0.3) is 0 Å². The second-order valence-electron chi connectivity index (χ2n) is 5.25. The highest BCUT2D eigenvalue weighted by Gasteiger charge is 2.05. The first-order chi connectivity index (χ1) is 11.1. The van der Waals surface area contributed by atoms with E-state index in [2.05, 4.69) is 10.3 Å². The van der Waals surface area contributed by atoms with Gasteiger partial charge in [-0.2, -0.15) is 0 Å². The Morgan fingerprint density at radius 2 is 2.13 bits per heavy atom. The molecule has 0 unspecified atom stereocenters. The van der Waals surface area contributed by atoms with Crippen molar-refractivity contribution in [1.82, 2.24) is 4.98 Å². The normalized spacial score (nSPS) is 12.1. The van der Waals surface area contributed by atoms with E-state index in [-0.39, 0.29) is 5.75 Å². The lowest BCUT2D eigenvalue weighted by molar-refractivity contribution is 0.218. The molecule has 2 N–H and O–H groups in total. The van der Waals surface area contributed by atoms with Crippen LogP contribution in [0.15, 0.2) is 36.4 Å². The third kappa shape index (κ3) is 5.65. The maximum atomic E-state index is 11.9. The van der Waals surface area contributed by atoms with Gasteiger partial charge in [-0.3, -0.25) is 9.19 Å². The number of nitrogens with one attached hydrogen (secondary N) is 1. The Labute approximate surface area is 139 Å². The molecule has 2 aromatic rings. The molecular formula is C17H22N2O3S. The standard InChI is InChI=1S/C17H22N2O3S/c1-13-6-7-17(20)16(19-13)11-18-15-5-3-4-14(10-15)12-23(21)9-8-22-2/h3-7,10,18,20H,8-9,11-12H2,1-2H3/t23-/m0/s1. The fraction of sp³-hybridized carbons (Fsp3) is 0.353. The summed E-state index contributed by atoms with van der Waals surface area (Å²) in [5.41, 5.74) is 3.39. The number of aromatic nitrogens is 1. The van der Waals surface area contributed by atoms with Gasteiger partial charge in [0.05, 0.1) is 13.2 Å². The topological polar surface area (TPSA) is 71.5 Å². The van der Waals surface area contributed by atoms with Crippen molar-refractivity contribution in [3.05, 3.63) is 53.3 Å². The lowest BCUT2D eigenvalue weighted by Crippen LogP contribution is -2.07. The predicted octanol–water partition coefficient (Wildman–Crippen LogP) is 2.60. The van der Waals surface area contributed by atoms with Gasteiger partial charge in [0.1, 0.15) is 11.4 Å². The third-order valence-corrected chi connectivity index (χ3v) is 4.60. The molecule has 0 amide bonds. The highest BCUT2D eigenvalue weighted by atomic mass is 32.2. The highest BCUT2D eigenvalue weighted by Crippen LogP contribution is 2.18. The molecule has 1 aromatic heterocycles. The first-order valence-electron chi connectivity index (χ1n) is 7.40. The zero-order valence-electron chi connectivity index (χ0n) is 13.4. The predicted molar refractivity (Wildman–Crippen MR) is 93.0 cm³/mol. The Hall–Kier alpha value is -1.92. The molecule has 0 aliphatic rings. The first-order valence-corrected chi connectivity index (χ1v) is 8.89. The van der Waals surface area contributed by atoms with Gasteiger partial charge in [0, 0.05) is 40.8 Å². The van der Waals surface area contributed by atoms with E-state index in [4.69, 9.17) is 4.74 Å². The Balaban J connectivity index is 1.97. The minimum Gasteiger partial charge on any atom is -0.506 e. The summed E-state index contributed by atoms with van der Waals surface area (Å²) in [4.78, 5) is 4.32. The van der Waals surface area contributed by atoms with Gasteiger partial charge in [-0.05, 0) is 36.8 Å². The number of hydrogen-bond donors (Lipinski definition) is 2. The lowest BCUT2D eigenvalue weighted by atomic mass is 10.2. The van der Waals surface area contributed by atoms with Crippen LogP contribution in [0.5, 0.6) is 5.75 Å². The van der Waals surface area contributed by atoms with Crippen molar-refractivity contribution in [2.75, 3.05) is 24.8 Å². The summed E-state index contributed by atoms with van der Waals surface area (Å²) in [5.74, 6) is 1.22. The van der Waals surface area contributed by atoms with Crippen LogP contribution >= 0.6 is 0 Å². The van der Waals surface area contributed by atoms with E-state index in [1.807, 2.05) is 31.2 Å². The number of hydrogen-bond acceptors (Lipinski definition) is 5. The van der Waals surface area contributed by atoms with Gasteiger partial charge >= 0.3 is 0 Å². The molecule has 0 radical (unpaired) electrons. The Bertz CT molecular complexity index is 677. The van der Waals surface area contributed by atoms with E-state index in [9.17, 15) is 9.32 Å². The van der Waals surface area contributed by atoms with Gasteiger partial charge in [-0.1, -0.05) is 12.1 Å². The minimum absolute atomic E-state index is 0.180. The number of anilines is 1. The maximum absolute atomic E-state index is 11.9. The molecule has 0 aliphatic carbocycles. The van der Waals surface area contributed by atoms with E-state index in [1.54, 1.807) is 19.2 Å². The van der Waals surface area contributed by atoms with E-state index in [0.717, 1.165) is 16.9 Å². The quantitative estimate of drug-likeness (QED) is 0.776. The van der Waals surface area contributed by atoms with Crippen LogP contribution in [0.3, 0.4) is 0 Å². The Kier molecular flexibility index (Phi) is 6.55. The fourth-order valence-electron chi connectivity index (χ4n) is 2.12. The summed E-state index contributed by atoms with van der Waals surface area (Å²) in [6.45, 7) is 2.82. The second kappa shape index (κ2) is 8.64. The van der Waals surface area contributed by atoms with Crippen LogP contribution in [-0.2, 0) is 27.8 Å². The summed E-state index contributed by atoms with van der Waals surface area (Å²) in [5, 5.41) is 13.1. The van der Waals surface area contributed by atoms with E-state index in [1.165, 1.54) is 0 Å². The van der Waals surface area contributed by atoms with Crippen LogP contribution < -0.4 is 5.32 Å². The molecule has 124 valence electrons. The summed E-state index contributed by atoms with van der Waals surface area (Å²) in [6.07, 6.45) is 0. The third-order valence-electron chi connectivity index (χ3n) is 3.32. The monoisotopic (exact) mass is 334 g/mol. The molecule has 0 bridgehead atoms. The largest absolute Gasteiger partial charge is 0.506 e. The van der Waals surface area contributed by atoms with E-state index in [0.29, 0.717) is 30.4 Å². The van der Waals surface area contributed by atoms with Crippen molar-refractivity contribution in [3.8, 4) is 5.75 Å². The molecule has 0 saturated heterocycles. The molecule has 1 heterocycles. The molecule has 6 heteroatoms. The molecule has 0 aliphatic heterocycles. The number of rotatable bonds is 8. The molecule has 0 saturated carbocycles. The first kappa shape index (κ1) is 17.4. The average Bonchev–Trinajstić information content (AvgIpc) is 2.54. The van der Waals surface area contributed by atoms with E-state index >= 15 is 0 Å². The van der Waals surface area contributed by atoms with Crippen LogP contribution in [0.2, 0.25) is 0 Å². The van der Waals surface area contributed by atoms with Crippen molar-refractivity contribution < 1.29 is 14.1 Å². The van der Waals surface area contributed by atoms with Crippen molar-refractivity contribution in [2.45, 2.75) is 19.2 Å². The van der Waals surface area contributed by atoms with Crippen molar-refractivity contribution >= 4 is 16.5 Å². The molecule has 2 rings (SSSR count). The number of nitrogens with zero attached hydrogens (tertiary/aromatic N) is 1. The number of pyridine rings is 1. The van der Waals surface area contributed by atoms with Crippen molar-refractivity contribution in [1.29, 1.82) is 0 Å².